The standard InChI is InChI=1S/C37H45N9O3/c1-23-18-29(21-30(19-23)36(48)40-32-14-16-39-17-15-32)26-6-2-24(3-7-26)20-33(42-35(47)28-8-4-25(22-38)5-9-28)37(49)41-31-12-10-27(11-13-31)34-43-45-46-44-34/h2-3,6-7,10-13,18-19,21,25,28,32-33,39H,4-5,8-9,14-17,20,22,38H2,1H3,(H,40,48)(H,41,49)(H,42,47)(H,43,44,45,46)/t25-,28-,33-/m0/s1. The topological polar surface area (TPSA) is 180 Å². The summed E-state index contributed by atoms with van der Waals surface area (Å²) in [5.74, 6) is 0.304. The number of rotatable bonds is 11. The number of nitrogens with one attached hydrogen (secondary N) is 5. The van der Waals surface area contributed by atoms with E-state index in [2.05, 4.69) is 48.0 Å². The number of H-pyrrole nitrogens is 1. The number of aromatic amines is 1. The van der Waals surface area contributed by atoms with Crippen molar-refractivity contribution in [3.8, 4) is 22.5 Å². The average molecular weight is 664 g/mol. The second kappa shape index (κ2) is 16.0. The number of benzene rings is 3. The zero-order valence-electron chi connectivity index (χ0n) is 27.9. The van der Waals surface area contributed by atoms with Crippen LogP contribution in [-0.4, -0.2) is 70.1 Å². The predicted octanol–water partition coefficient (Wildman–Crippen LogP) is 3.76. The van der Waals surface area contributed by atoms with E-state index >= 15 is 0 Å². The van der Waals surface area contributed by atoms with Crippen LogP contribution in [-0.2, 0) is 16.0 Å². The van der Waals surface area contributed by atoms with Crippen LogP contribution in [0.2, 0.25) is 0 Å². The highest BCUT2D eigenvalue weighted by Gasteiger charge is 2.29. The van der Waals surface area contributed by atoms with Crippen molar-refractivity contribution in [3.05, 3.63) is 83.4 Å². The molecular formula is C37H45N9O3. The summed E-state index contributed by atoms with van der Waals surface area (Å²) >= 11 is 0. The van der Waals surface area contributed by atoms with E-state index in [1.165, 1.54) is 0 Å². The number of carbonyl (C=O) groups is 3. The third-order valence-electron chi connectivity index (χ3n) is 9.68. The third-order valence-corrected chi connectivity index (χ3v) is 9.68. The van der Waals surface area contributed by atoms with E-state index in [0.29, 0.717) is 36.0 Å². The Morgan fingerprint density at radius 1 is 0.878 bits per heavy atom. The summed E-state index contributed by atoms with van der Waals surface area (Å²) < 4.78 is 0. The summed E-state index contributed by atoms with van der Waals surface area (Å²) in [7, 11) is 0. The number of tetrazole rings is 1. The lowest BCUT2D eigenvalue weighted by atomic mass is 9.81. The van der Waals surface area contributed by atoms with Gasteiger partial charge in [0.25, 0.3) is 5.91 Å². The molecule has 0 bridgehead atoms. The number of carbonyl (C=O) groups excluding carboxylic acids is 3. The molecule has 2 aliphatic rings. The van der Waals surface area contributed by atoms with Crippen LogP contribution in [0.5, 0.6) is 0 Å². The minimum atomic E-state index is -0.785. The fraction of sp³-hybridized carbons (Fsp3) is 0.405. The molecule has 2 fully saturated rings. The van der Waals surface area contributed by atoms with Crippen LogP contribution in [0.1, 0.15) is 60.0 Å². The molecule has 6 rings (SSSR count). The van der Waals surface area contributed by atoms with E-state index in [0.717, 1.165) is 79.4 Å². The highest BCUT2D eigenvalue weighted by atomic mass is 16.2. The zero-order valence-corrected chi connectivity index (χ0v) is 27.9. The van der Waals surface area contributed by atoms with Crippen molar-refractivity contribution in [1.82, 2.24) is 36.6 Å². The number of hydrogen-bond acceptors (Lipinski definition) is 8. The molecule has 2 heterocycles. The molecular weight excluding hydrogens is 618 g/mol. The molecule has 49 heavy (non-hydrogen) atoms. The third kappa shape index (κ3) is 8.95. The molecule has 1 aromatic heterocycles. The first kappa shape index (κ1) is 33.9. The minimum Gasteiger partial charge on any atom is -0.349 e. The molecule has 0 unspecified atom stereocenters. The molecule has 1 saturated heterocycles. The summed E-state index contributed by atoms with van der Waals surface area (Å²) in [5, 5.41) is 26.6. The van der Waals surface area contributed by atoms with Crippen molar-refractivity contribution in [2.45, 2.75) is 64.0 Å². The number of anilines is 1. The Hall–Kier alpha value is -4.94. The second-order valence-electron chi connectivity index (χ2n) is 13.3. The Labute approximate surface area is 286 Å². The van der Waals surface area contributed by atoms with Crippen LogP contribution in [0.3, 0.4) is 0 Å². The van der Waals surface area contributed by atoms with Gasteiger partial charge in [0.2, 0.25) is 17.6 Å². The normalized spacial score (nSPS) is 18.7. The fourth-order valence-electron chi connectivity index (χ4n) is 6.76. The highest BCUT2D eigenvalue weighted by molar-refractivity contribution is 5.98. The smallest absolute Gasteiger partial charge is 0.251 e. The van der Waals surface area contributed by atoms with Crippen molar-refractivity contribution in [1.29, 1.82) is 0 Å². The number of aromatic nitrogens is 4. The van der Waals surface area contributed by atoms with Crippen LogP contribution >= 0.6 is 0 Å². The molecule has 1 aliphatic carbocycles. The molecule has 12 nitrogen and oxygen atoms in total. The van der Waals surface area contributed by atoms with Gasteiger partial charge in [-0.05, 0) is 135 Å². The Kier molecular flexibility index (Phi) is 11.1. The Balaban J connectivity index is 1.16. The highest BCUT2D eigenvalue weighted by Crippen LogP contribution is 2.29. The largest absolute Gasteiger partial charge is 0.349 e. The average Bonchev–Trinajstić information content (AvgIpc) is 3.67. The van der Waals surface area contributed by atoms with Crippen molar-refractivity contribution < 1.29 is 14.4 Å². The maximum absolute atomic E-state index is 13.7. The molecule has 1 saturated carbocycles. The van der Waals surface area contributed by atoms with Gasteiger partial charge in [-0.15, -0.1) is 10.2 Å². The summed E-state index contributed by atoms with van der Waals surface area (Å²) in [5.41, 5.74) is 11.7. The van der Waals surface area contributed by atoms with E-state index in [1.54, 1.807) is 24.3 Å². The van der Waals surface area contributed by atoms with Gasteiger partial charge >= 0.3 is 0 Å². The Morgan fingerprint density at radius 3 is 2.27 bits per heavy atom. The van der Waals surface area contributed by atoms with Gasteiger partial charge in [-0.3, -0.25) is 14.4 Å². The van der Waals surface area contributed by atoms with Gasteiger partial charge in [-0.25, -0.2) is 0 Å². The van der Waals surface area contributed by atoms with Gasteiger partial charge in [-0.2, -0.15) is 5.21 Å². The number of hydrogen-bond donors (Lipinski definition) is 6. The monoisotopic (exact) mass is 663 g/mol. The number of nitrogens with zero attached hydrogens (tertiary/aromatic N) is 3. The summed E-state index contributed by atoms with van der Waals surface area (Å²) in [6.07, 6.45) is 5.53. The van der Waals surface area contributed by atoms with Gasteiger partial charge in [0.15, 0.2) is 0 Å². The van der Waals surface area contributed by atoms with Gasteiger partial charge < -0.3 is 27.0 Å². The molecule has 1 atom stereocenters. The van der Waals surface area contributed by atoms with E-state index in [4.69, 9.17) is 5.73 Å². The molecule has 3 amide bonds. The maximum Gasteiger partial charge on any atom is 0.251 e. The van der Waals surface area contributed by atoms with Crippen LogP contribution in [0.15, 0.2) is 66.7 Å². The SMILES string of the molecule is Cc1cc(C(=O)NC2CCNCC2)cc(-c2ccc(C[C@H](NC(=O)[C@H]3CC[C@H](CN)CC3)C(=O)Nc3ccc(-c4nn[nH]n4)cc3)cc2)c1. The summed E-state index contributed by atoms with van der Waals surface area (Å²) in [6.45, 7) is 4.45. The first-order valence-electron chi connectivity index (χ1n) is 17.2. The molecule has 7 N–H and O–H groups in total. The molecule has 4 aromatic rings. The van der Waals surface area contributed by atoms with Gasteiger partial charge in [0.1, 0.15) is 6.04 Å². The van der Waals surface area contributed by atoms with Crippen molar-refractivity contribution >= 4 is 23.4 Å². The van der Waals surface area contributed by atoms with E-state index < -0.39 is 6.04 Å². The second-order valence-corrected chi connectivity index (χ2v) is 13.3. The van der Waals surface area contributed by atoms with E-state index in [9.17, 15) is 14.4 Å². The Bertz CT molecular complexity index is 1710. The predicted molar refractivity (Wildman–Crippen MR) is 188 cm³/mol. The minimum absolute atomic E-state index is 0.0565. The fourth-order valence-corrected chi connectivity index (χ4v) is 6.76. The van der Waals surface area contributed by atoms with Crippen molar-refractivity contribution in [2.75, 3.05) is 25.0 Å². The van der Waals surface area contributed by atoms with Crippen LogP contribution in [0.4, 0.5) is 5.69 Å². The van der Waals surface area contributed by atoms with Gasteiger partial charge in [-0.1, -0.05) is 30.3 Å². The summed E-state index contributed by atoms with van der Waals surface area (Å²) in [4.78, 5) is 40.2. The maximum atomic E-state index is 13.7. The lowest BCUT2D eigenvalue weighted by molar-refractivity contribution is -0.130. The number of aryl methyl sites for hydroxylation is 1. The van der Waals surface area contributed by atoms with Crippen LogP contribution in [0.25, 0.3) is 22.5 Å². The van der Waals surface area contributed by atoms with Crippen molar-refractivity contribution in [2.24, 2.45) is 17.6 Å². The first-order chi connectivity index (χ1) is 23.8. The molecule has 12 heteroatoms. The molecule has 0 radical (unpaired) electrons. The first-order valence-corrected chi connectivity index (χ1v) is 17.2. The van der Waals surface area contributed by atoms with Gasteiger partial charge in [0, 0.05) is 35.2 Å². The molecule has 0 spiro atoms. The van der Waals surface area contributed by atoms with Crippen LogP contribution < -0.4 is 27.0 Å². The van der Waals surface area contributed by atoms with Gasteiger partial charge in [0.05, 0.1) is 0 Å². The van der Waals surface area contributed by atoms with Crippen molar-refractivity contribution in [3.63, 3.8) is 0 Å². The lowest BCUT2D eigenvalue weighted by Crippen LogP contribution is -2.48. The number of piperidine rings is 1. The van der Waals surface area contributed by atoms with E-state index in [1.807, 2.05) is 43.3 Å². The number of nitrogens with two attached hydrogens (primary N) is 1. The Morgan fingerprint density at radius 2 is 1.59 bits per heavy atom. The summed E-state index contributed by atoms with van der Waals surface area (Å²) in [6, 6.07) is 20.4. The molecule has 1 aliphatic heterocycles. The molecule has 3 aromatic carbocycles. The zero-order chi connectivity index (χ0) is 34.2. The van der Waals surface area contributed by atoms with E-state index in [-0.39, 0.29) is 29.7 Å². The molecule has 256 valence electrons. The lowest BCUT2D eigenvalue weighted by Gasteiger charge is -2.28. The number of amides is 3. The van der Waals surface area contributed by atoms with Crippen LogP contribution in [0, 0.1) is 18.8 Å². The quantitative estimate of drug-likeness (QED) is 0.140.